The van der Waals surface area contributed by atoms with E-state index in [0.717, 1.165) is 12.2 Å². The minimum atomic E-state index is -0.527. The third-order valence-corrected chi connectivity index (χ3v) is 2.85. The molecule has 0 fully saturated rings. The van der Waals surface area contributed by atoms with E-state index < -0.39 is 4.92 Å². The molecular formula is C10H16N2O3S. The van der Waals surface area contributed by atoms with Crippen molar-refractivity contribution in [2.75, 3.05) is 12.0 Å². The standard InChI is InChI=1S/C10H16N2O3S/c1-8(5-6-16-2)11-7-9-3-4-10(15-9)12(13)14/h3-4,8,11H,5-7H2,1-2H3. The number of thioether (sulfide) groups is 1. The maximum atomic E-state index is 10.4. The fraction of sp³-hybridized carbons (Fsp3) is 0.600. The van der Waals surface area contributed by atoms with Crippen molar-refractivity contribution in [3.8, 4) is 0 Å². The molecule has 0 saturated heterocycles. The molecule has 1 rings (SSSR count). The smallest absolute Gasteiger partial charge is 0.404 e. The summed E-state index contributed by atoms with van der Waals surface area (Å²) in [5.74, 6) is 1.50. The molecule has 1 heterocycles. The van der Waals surface area contributed by atoms with Gasteiger partial charge in [0, 0.05) is 6.04 Å². The Kier molecular flexibility index (Phi) is 5.34. The van der Waals surface area contributed by atoms with Gasteiger partial charge < -0.3 is 9.73 Å². The van der Waals surface area contributed by atoms with E-state index in [4.69, 9.17) is 4.42 Å². The van der Waals surface area contributed by atoms with Gasteiger partial charge in [-0.15, -0.1) is 0 Å². The molecule has 0 saturated carbocycles. The van der Waals surface area contributed by atoms with E-state index in [9.17, 15) is 10.1 Å². The summed E-state index contributed by atoms with van der Waals surface area (Å²) in [4.78, 5) is 9.86. The lowest BCUT2D eigenvalue weighted by molar-refractivity contribution is -0.402. The minimum absolute atomic E-state index is 0.200. The summed E-state index contributed by atoms with van der Waals surface area (Å²) >= 11 is 1.81. The topological polar surface area (TPSA) is 68.3 Å². The predicted molar refractivity (Wildman–Crippen MR) is 64.7 cm³/mol. The Morgan fingerprint density at radius 1 is 1.62 bits per heavy atom. The summed E-state index contributed by atoms with van der Waals surface area (Å²) in [5.41, 5.74) is 0. The summed E-state index contributed by atoms with van der Waals surface area (Å²) in [5, 5.41) is 13.6. The number of hydrogen-bond donors (Lipinski definition) is 1. The summed E-state index contributed by atoms with van der Waals surface area (Å²) in [6.07, 6.45) is 3.15. The van der Waals surface area contributed by atoms with Gasteiger partial charge >= 0.3 is 5.88 Å². The van der Waals surface area contributed by atoms with E-state index in [-0.39, 0.29) is 5.88 Å². The zero-order chi connectivity index (χ0) is 12.0. The van der Waals surface area contributed by atoms with Gasteiger partial charge in [0.15, 0.2) is 0 Å². The van der Waals surface area contributed by atoms with Crippen molar-refractivity contribution in [3.63, 3.8) is 0 Å². The highest BCUT2D eigenvalue weighted by Crippen LogP contribution is 2.15. The minimum Gasteiger partial charge on any atom is -0.404 e. The molecule has 90 valence electrons. The summed E-state index contributed by atoms with van der Waals surface area (Å²) in [7, 11) is 0. The fourth-order valence-electron chi connectivity index (χ4n) is 1.23. The Morgan fingerprint density at radius 3 is 2.94 bits per heavy atom. The van der Waals surface area contributed by atoms with E-state index in [2.05, 4.69) is 18.5 Å². The van der Waals surface area contributed by atoms with Gasteiger partial charge in [0.05, 0.1) is 12.6 Å². The van der Waals surface area contributed by atoms with Crippen LogP contribution in [0.15, 0.2) is 16.5 Å². The maximum Gasteiger partial charge on any atom is 0.433 e. The Hall–Kier alpha value is -1.01. The van der Waals surface area contributed by atoms with Gasteiger partial charge in [-0.3, -0.25) is 10.1 Å². The predicted octanol–water partition coefficient (Wildman–Crippen LogP) is 2.42. The van der Waals surface area contributed by atoms with Crippen LogP contribution in [-0.4, -0.2) is 23.0 Å². The van der Waals surface area contributed by atoms with Crippen molar-refractivity contribution in [1.82, 2.24) is 5.32 Å². The highest BCUT2D eigenvalue weighted by molar-refractivity contribution is 7.98. The molecule has 1 N–H and O–H groups in total. The van der Waals surface area contributed by atoms with Gasteiger partial charge in [-0.05, 0) is 31.4 Å². The average Bonchev–Trinajstić information content (AvgIpc) is 2.72. The molecule has 6 heteroatoms. The number of nitrogens with zero attached hydrogens (tertiary/aromatic N) is 1. The maximum absolute atomic E-state index is 10.4. The van der Waals surface area contributed by atoms with Crippen molar-refractivity contribution in [3.05, 3.63) is 28.0 Å². The fourth-order valence-corrected chi connectivity index (χ4v) is 1.82. The number of nitro groups is 1. The first-order valence-electron chi connectivity index (χ1n) is 5.09. The molecule has 0 radical (unpaired) electrons. The molecule has 0 aromatic carbocycles. The molecule has 0 aliphatic carbocycles. The first kappa shape index (κ1) is 13.1. The van der Waals surface area contributed by atoms with Crippen LogP contribution in [0.2, 0.25) is 0 Å². The Balaban J connectivity index is 2.33. The normalized spacial score (nSPS) is 12.6. The lowest BCUT2D eigenvalue weighted by Crippen LogP contribution is -2.25. The second-order valence-corrected chi connectivity index (χ2v) is 4.55. The quantitative estimate of drug-likeness (QED) is 0.589. The molecule has 0 spiro atoms. The first-order valence-corrected chi connectivity index (χ1v) is 6.48. The summed E-state index contributed by atoms with van der Waals surface area (Å²) in [6.45, 7) is 2.62. The average molecular weight is 244 g/mol. The van der Waals surface area contributed by atoms with Crippen LogP contribution in [0.5, 0.6) is 0 Å². The molecule has 16 heavy (non-hydrogen) atoms. The van der Waals surface area contributed by atoms with E-state index in [1.165, 1.54) is 6.07 Å². The highest BCUT2D eigenvalue weighted by Gasteiger charge is 2.11. The second-order valence-electron chi connectivity index (χ2n) is 3.56. The monoisotopic (exact) mass is 244 g/mol. The van der Waals surface area contributed by atoms with Crippen LogP contribution in [0.4, 0.5) is 5.88 Å². The molecule has 1 unspecified atom stereocenters. The molecule has 1 atom stereocenters. The Morgan fingerprint density at radius 2 is 2.38 bits per heavy atom. The Labute approximate surface area is 98.7 Å². The first-order chi connectivity index (χ1) is 7.63. The van der Waals surface area contributed by atoms with E-state index in [1.807, 2.05) is 0 Å². The zero-order valence-electron chi connectivity index (χ0n) is 9.43. The van der Waals surface area contributed by atoms with Crippen LogP contribution in [0.3, 0.4) is 0 Å². The van der Waals surface area contributed by atoms with Crippen molar-refractivity contribution in [1.29, 1.82) is 0 Å². The number of nitrogens with one attached hydrogen (secondary N) is 1. The number of rotatable bonds is 7. The van der Waals surface area contributed by atoms with Crippen molar-refractivity contribution < 1.29 is 9.34 Å². The van der Waals surface area contributed by atoms with E-state index in [0.29, 0.717) is 18.3 Å². The van der Waals surface area contributed by atoms with E-state index >= 15 is 0 Å². The van der Waals surface area contributed by atoms with Crippen LogP contribution in [0.1, 0.15) is 19.1 Å². The molecular weight excluding hydrogens is 228 g/mol. The van der Waals surface area contributed by atoms with Gasteiger partial charge in [0.2, 0.25) is 0 Å². The van der Waals surface area contributed by atoms with Crippen LogP contribution in [0.25, 0.3) is 0 Å². The number of hydrogen-bond acceptors (Lipinski definition) is 5. The number of furan rings is 1. The molecule has 0 amide bonds. The largest absolute Gasteiger partial charge is 0.433 e. The SMILES string of the molecule is CSCCC(C)NCc1ccc([N+](=O)[O-])o1. The lowest BCUT2D eigenvalue weighted by Gasteiger charge is -2.11. The lowest BCUT2D eigenvalue weighted by atomic mass is 10.2. The van der Waals surface area contributed by atoms with Crippen molar-refractivity contribution >= 4 is 17.6 Å². The molecule has 1 aromatic rings. The van der Waals surface area contributed by atoms with Gasteiger partial charge in [0.25, 0.3) is 0 Å². The molecule has 0 aliphatic heterocycles. The van der Waals surface area contributed by atoms with Crippen LogP contribution in [0, 0.1) is 10.1 Å². The molecule has 1 aromatic heterocycles. The van der Waals surface area contributed by atoms with Crippen LogP contribution in [-0.2, 0) is 6.54 Å². The zero-order valence-corrected chi connectivity index (χ0v) is 10.3. The van der Waals surface area contributed by atoms with Gasteiger partial charge in [0.1, 0.15) is 10.7 Å². The van der Waals surface area contributed by atoms with Gasteiger partial charge in [-0.1, -0.05) is 0 Å². The summed E-state index contributed by atoms with van der Waals surface area (Å²) < 4.78 is 5.03. The molecule has 5 nitrogen and oxygen atoms in total. The van der Waals surface area contributed by atoms with Crippen molar-refractivity contribution in [2.45, 2.75) is 25.9 Å². The summed E-state index contributed by atoms with van der Waals surface area (Å²) in [6, 6.07) is 3.40. The van der Waals surface area contributed by atoms with Gasteiger partial charge in [-0.2, -0.15) is 11.8 Å². The molecule has 0 aliphatic rings. The Bertz CT molecular complexity index is 341. The van der Waals surface area contributed by atoms with Crippen LogP contribution < -0.4 is 5.32 Å². The van der Waals surface area contributed by atoms with Crippen molar-refractivity contribution in [2.24, 2.45) is 0 Å². The second kappa shape index (κ2) is 6.55. The van der Waals surface area contributed by atoms with Crippen LogP contribution >= 0.6 is 11.8 Å². The third kappa shape index (κ3) is 4.24. The van der Waals surface area contributed by atoms with E-state index in [1.54, 1.807) is 17.8 Å². The molecule has 0 bridgehead atoms. The third-order valence-electron chi connectivity index (χ3n) is 2.21. The highest BCUT2D eigenvalue weighted by atomic mass is 32.2. The van der Waals surface area contributed by atoms with Gasteiger partial charge in [-0.25, -0.2) is 0 Å².